The highest BCUT2D eigenvalue weighted by Gasteiger charge is 2.21. The summed E-state index contributed by atoms with van der Waals surface area (Å²) in [4.78, 5) is 14.8. The predicted molar refractivity (Wildman–Crippen MR) is 121 cm³/mol. The number of amides is 1. The third kappa shape index (κ3) is 5.48. The number of sulfone groups is 1. The summed E-state index contributed by atoms with van der Waals surface area (Å²) in [7, 11) is -1.53. The standard InChI is InChI=1S/C23H23ClN2O3S/c1-26(23(17-9-5-3-6-10-17)18-11-7-4-8-12-18)16-22(27)25-21-15-19(30(2,28)29)13-14-20(21)24/h3-15,23H,16H2,1-2H3,(H,25,27). The van der Waals surface area contributed by atoms with E-state index < -0.39 is 9.84 Å². The maximum atomic E-state index is 12.7. The van der Waals surface area contributed by atoms with E-state index in [1.54, 1.807) is 0 Å². The minimum atomic E-state index is -3.41. The molecule has 5 nitrogen and oxygen atoms in total. The highest BCUT2D eigenvalue weighted by atomic mass is 35.5. The van der Waals surface area contributed by atoms with E-state index >= 15 is 0 Å². The fourth-order valence-electron chi connectivity index (χ4n) is 3.31. The maximum absolute atomic E-state index is 12.7. The molecule has 30 heavy (non-hydrogen) atoms. The van der Waals surface area contributed by atoms with Crippen LogP contribution in [-0.4, -0.2) is 39.1 Å². The van der Waals surface area contributed by atoms with Crippen molar-refractivity contribution in [2.24, 2.45) is 0 Å². The second-order valence-corrected chi connectivity index (χ2v) is 9.52. The normalized spacial score (nSPS) is 11.6. The number of hydrogen-bond donors (Lipinski definition) is 1. The van der Waals surface area contributed by atoms with Crippen LogP contribution in [0.2, 0.25) is 5.02 Å². The number of rotatable bonds is 7. The third-order valence-electron chi connectivity index (χ3n) is 4.70. The van der Waals surface area contributed by atoms with Gasteiger partial charge in [0.05, 0.1) is 28.2 Å². The number of likely N-dealkylation sites (N-methyl/N-ethyl adjacent to an activating group) is 1. The van der Waals surface area contributed by atoms with Crippen LogP contribution < -0.4 is 5.32 Å². The molecule has 3 aromatic rings. The Balaban J connectivity index is 1.81. The number of carbonyl (C=O) groups is 1. The van der Waals surface area contributed by atoms with Gasteiger partial charge >= 0.3 is 0 Å². The molecule has 0 radical (unpaired) electrons. The molecule has 0 saturated carbocycles. The second-order valence-electron chi connectivity index (χ2n) is 7.10. The van der Waals surface area contributed by atoms with E-state index in [0.29, 0.717) is 0 Å². The van der Waals surface area contributed by atoms with E-state index in [1.165, 1.54) is 18.2 Å². The van der Waals surface area contributed by atoms with Crippen LogP contribution in [0.1, 0.15) is 17.2 Å². The van der Waals surface area contributed by atoms with E-state index in [-0.39, 0.29) is 34.1 Å². The van der Waals surface area contributed by atoms with Gasteiger partial charge in [-0.05, 0) is 36.4 Å². The molecule has 3 rings (SSSR count). The minimum absolute atomic E-state index is 0.0912. The largest absolute Gasteiger partial charge is 0.324 e. The number of benzene rings is 3. The summed E-state index contributed by atoms with van der Waals surface area (Å²) in [6.07, 6.45) is 1.11. The summed E-state index contributed by atoms with van der Waals surface area (Å²) in [6.45, 7) is 0.0912. The van der Waals surface area contributed by atoms with Crippen molar-refractivity contribution in [1.82, 2.24) is 4.90 Å². The van der Waals surface area contributed by atoms with Crippen molar-refractivity contribution in [1.29, 1.82) is 0 Å². The predicted octanol–water partition coefficient (Wildman–Crippen LogP) is 4.40. The Morgan fingerprint density at radius 2 is 1.50 bits per heavy atom. The van der Waals surface area contributed by atoms with E-state index in [2.05, 4.69) is 5.32 Å². The first-order valence-corrected chi connectivity index (χ1v) is 11.6. The lowest BCUT2D eigenvalue weighted by molar-refractivity contribution is -0.117. The molecular formula is C23H23ClN2O3S. The molecule has 156 valence electrons. The molecule has 0 aliphatic rings. The molecule has 7 heteroatoms. The Hall–Kier alpha value is -2.67. The molecule has 3 aromatic carbocycles. The van der Waals surface area contributed by atoms with Gasteiger partial charge in [0, 0.05) is 6.26 Å². The zero-order chi connectivity index (χ0) is 21.7. The first-order chi connectivity index (χ1) is 14.3. The molecule has 0 saturated heterocycles. The summed E-state index contributed by atoms with van der Waals surface area (Å²) in [6, 6.07) is 24.0. The van der Waals surface area contributed by atoms with Crippen LogP contribution in [0.25, 0.3) is 0 Å². The van der Waals surface area contributed by atoms with Crippen LogP contribution in [0.3, 0.4) is 0 Å². The maximum Gasteiger partial charge on any atom is 0.238 e. The van der Waals surface area contributed by atoms with Crippen LogP contribution in [0.5, 0.6) is 0 Å². The molecule has 0 unspecified atom stereocenters. The highest BCUT2D eigenvalue weighted by Crippen LogP contribution is 2.28. The smallest absolute Gasteiger partial charge is 0.238 e. The summed E-state index contributed by atoms with van der Waals surface area (Å²) in [5.41, 5.74) is 2.40. The average Bonchev–Trinajstić information content (AvgIpc) is 2.70. The van der Waals surface area contributed by atoms with Crippen LogP contribution >= 0.6 is 11.6 Å². The van der Waals surface area contributed by atoms with Crippen molar-refractivity contribution in [2.75, 3.05) is 25.2 Å². The van der Waals surface area contributed by atoms with Gasteiger partial charge in [-0.2, -0.15) is 0 Å². The summed E-state index contributed by atoms with van der Waals surface area (Å²) in [5, 5.41) is 3.01. The molecule has 0 bridgehead atoms. The molecule has 1 N–H and O–H groups in total. The zero-order valence-electron chi connectivity index (χ0n) is 16.7. The van der Waals surface area contributed by atoms with Gasteiger partial charge in [0.15, 0.2) is 9.84 Å². The van der Waals surface area contributed by atoms with E-state index in [1.807, 2.05) is 72.6 Å². The van der Waals surface area contributed by atoms with Gasteiger partial charge in [0.1, 0.15) is 0 Å². The number of halogens is 1. The van der Waals surface area contributed by atoms with Gasteiger partial charge in [-0.25, -0.2) is 8.42 Å². The van der Waals surface area contributed by atoms with Crippen molar-refractivity contribution < 1.29 is 13.2 Å². The summed E-state index contributed by atoms with van der Waals surface area (Å²) in [5.74, 6) is -0.290. The van der Waals surface area contributed by atoms with Crippen LogP contribution in [0.4, 0.5) is 5.69 Å². The second kappa shape index (κ2) is 9.43. The Labute approximate surface area is 182 Å². The van der Waals surface area contributed by atoms with Crippen molar-refractivity contribution in [3.05, 3.63) is 95.0 Å². The topological polar surface area (TPSA) is 66.5 Å². The number of nitrogens with one attached hydrogen (secondary N) is 1. The fraction of sp³-hybridized carbons (Fsp3) is 0.174. The Kier molecular flexibility index (Phi) is 6.92. The van der Waals surface area contributed by atoms with Crippen molar-refractivity contribution >= 4 is 33.0 Å². The SMILES string of the molecule is CN(CC(=O)Nc1cc(S(C)(=O)=O)ccc1Cl)C(c1ccccc1)c1ccccc1. The zero-order valence-corrected chi connectivity index (χ0v) is 18.3. The number of anilines is 1. The first-order valence-electron chi connectivity index (χ1n) is 9.35. The molecular weight excluding hydrogens is 420 g/mol. The molecule has 0 aliphatic heterocycles. The quantitative estimate of drug-likeness (QED) is 0.588. The van der Waals surface area contributed by atoms with Gasteiger partial charge in [-0.15, -0.1) is 0 Å². The Bertz CT molecular complexity index is 1080. The molecule has 1 amide bonds. The number of carbonyl (C=O) groups excluding carboxylic acids is 1. The van der Waals surface area contributed by atoms with Crippen LogP contribution in [0.15, 0.2) is 83.8 Å². The van der Waals surface area contributed by atoms with E-state index in [9.17, 15) is 13.2 Å². The molecule has 0 spiro atoms. The van der Waals surface area contributed by atoms with Crippen LogP contribution in [-0.2, 0) is 14.6 Å². The summed E-state index contributed by atoms with van der Waals surface area (Å²) < 4.78 is 23.6. The van der Waals surface area contributed by atoms with Gasteiger partial charge in [0.2, 0.25) is 5.91 Å². The molecule has 0 aromatic heterocycles. The van der Waals surface area contributed by atoms with Gasteiger partial charge in [0.25, 0.3) is 0 Å². The van der Waals surface area contributed by atoms with Gasteiger partial charge in [-0.3, -0.25) is 9.69 Å². The monoisotopic (exact) mass is 442 g/mol. The molecule has 0 fully saturated rings. The van der Waals surface area contributed by atoms with Gasteiger partial charge in [-0.1, -0.05) is 72.3 Å². The van der Waals surface area contributed by atoms with Crippen molar-refractivity contribution in [2.45, 2.75) is 10.9 Å². The third-order valence-corrected chi connectivity index (χ3v) is 6.14. The van der Waals surface area contributed by atoms with Crippen molar-refractivity contribution in [3.63, 3.8) is 0 Å². The average molecular weight is 443 g/mol. The number of hydrogen-bond acceptors (Lipinski definition) is 4. The molecule has 0 aliphatic carbocycles. The van der Waals surface area contributed by atoms with E-state index in [0.717, 1.165) is 17.4 Å². The van der Waals surface area contributed by atoms with Gasteiger partial charge < -0.3 is 5.32 Å². The fourth-order valence-corrected chi connectivity index (χ4v) is 4.12. The van der Waals surface area contributed by atoms with Crippen molar-refractivity contribution in [3.8, 4) is 0 Å². The highest BCUT2D eigenvalue weighted by molar-refractivity contribution is 7.90. The minimum Gasteiger partial charge on any atom is -0.324 e. The molecule has 0 atom stereocenters. The lowest BCUT2D eigenvalue weighted by Crippen LogP contribution is -2.34. The Morgan fingerprint density at radius 1 is 0.967 bits per heavy atom. The van der Waals surface area contributed by atoms with Crippen LogP contribution in [0, 0.1) is 0 Å². The lowest BCUT2D eigenvalue weighted by Gasteiger charge is -2.28. The Morgan fingerprint density at radius 3 is 2.00 bits per heavy atom. The number of nitrogens with zero attached hydrogens (tertiary/aromatic N) is 1. The molecule has 0 heterocycles. The van der Waals surface area contributed by atoms with E-state index in [4.69, 9.17) is 11.6 Å². The summed E-state index contributed by atoms with van der Waals surface area (Å²) >= 11 is 6.16. The first kappa shape index (κ1) is 22.0. The lowest BCUT2D eigenvalue weighted by atomic mass is 9.97.